The van der Waals surface area contributed by atoms with Crippen LogP contribution in [0.2, 0.25) is 0 Å². The topological polar surface area (TPSA) is 69.7 Å². The van der Waals surface area contributed by atoms with Crippen LogP contribution in [0.15, 0.2) is 48.5 Å². The zero-order valence-electron chi connectivity index (χ0n) is 15.7. The second-order valence-corrected chi connectivity index (χ2v) is 7.93. The number of nitrogens with zero attached hydrogens (tertiary/aromatic N) is 2. The number of imide groups is 1. The number of rotatable bonds is 4. The summed E-state index contributed by atoms with van der Waals surface area (Å²) < 4.78 is 13.3. The average molecular weight is 393 g/mol. The van der Waals surface area contributed by atoms with Gasteiger partial charge in [0, 0.05) is 12.1 Å². The first kappa shape index (κ1) is 17.8. The number of hydrogen-bond donors (Lipinski definition) is 1. The molecule has 29 heavy (non-hydrogen) atoms. The number of urea groups is 1. The molecule has 1 unspecified atom stereocenters. The number of para-hydroxylation sites is 1. The van der Waals surface area contributed by atoms with Crippen molar-refractivity contribution < 1.29 is 18.8 Å². The Morgan fingerprint density at radius 1 is 0.966 bits per heavy atom. The van der Waals surface area contributed by atoms with E-state index in [9.17, 15) is 18.8 Å². The fraction of sp³-hybridized carbons (Fsp3) is 0.318. The van der Waals surface area contributed by atoms with Crippen LogP contribution in [-0.4, -0.2) is 29.3 Å². The molecule has 1 spiro atoms. The number of anilines is 1. The summed E-state index contributed by atoms with van der Waals surface area (Å²) in [5.74, 6) is -1.03. The van der Waals surface area contributed by atoms with Crippen LogP contribution in [0.25, 0.3) is 0 Å². The van der Waals surface area contributed by atoms with Gasteiger partial charge in [0.1, 0.15) is 5.82 Å². The molecule has 1 saturated heterocycles. The molecule has 2 heterocycles. The molecule has 0 aromatic heterocycles. The van der Waals surface area contributed by atoms with Crippen LogP contribution in [0.4, 0.5) is 14.9 Å². The number of benzene rings is 2. The molecule has 4 amide bonds. The number of carbonyl (C=O) groups excluding carboxylic acids is 3. The SMILES string of the molecule is O=C1NC2(C(=O)N1CC1CCC1)C(=O)N(Cc1ccc(F)cc1)c1ccccc12. The lowest BCUT2D eigenvalue weighted by molar-refractivity contribution is -0.138. The summed E-state index contributed by atoms with van der Waals surface area (Å²) in [4.78, 5) is 42.2. The summed E-state index contributed by atoms with van der Waals surface area (Å²) in [5.41, 5.74) is 0.0921. The van der Waals surface area contributed by atoms with Gasteiger partial charge in [-0.25, -0.2) is 9.18 Å². The van der Waals surface area contributed by atoms with Gasteiger partial charge in [0.2, 0.25) is 5.54 Å². The van der Waals surface area contributed by atoms with Crippen molar-refractivity contribution >= 4 is 23.5 Å². The number of nitrogens with one attached hydrogen (secondary N) is 1. The zero-order chi connectivity index (χ0) is 20.2. The van der Waals surface area contributed by atoms with Crippen LogP contribution in [-0.2, 0) is 21.7 Å². The molecule has 6 nitrogen and oxygen atoms in total. The maximum Gasteiger partial charge on any atom is 0.325 e. The number of carbonyl (C=O) groups is 3. The molecule has 148 valence electrons. The monoisotopic (exact) mass is 393 g/mol. The fourth-order valence-electron chi connectivity index (χ4n) is 4.39. The van der Waals surface area contributed by atoms with Crippen LogP contribution >= 0.6 is 0 Å². The highest BCUT2D eigenvalue weighted by atomic mass is 19.1. The molecule has 2 aromatic rings. The lowest BCUT2D eigenvalue weighted by Crippen LogP contribution is -2.52. The minimum atomic E-state index is -1.71. The van der Waals surface area contributed by atoms with Crippen molar-refractivity contribution in [1.82, 2.24) is 10.2 Å². The molecular weight excluding hydrogens is 373 g/mol. The van der Waals surface area contributed by atoms with Gasteiger partial charge in [0.05, 0.1) is 12.2 Å². The summed E-state index contributed by atoms with van der Waals surface area (Å²) >= 11 is 0. The van der Waals surface area contributed by atoms with E-state index in [0.717, 1.165) is 24.8 Å². The molecule has 0 bridgehead atoms. The fourth-order valence-corrected chi connectivity index (χ4v) is 4.39. The van der Waals surface area contributed by atoms with Crippen molar-refractivity contribution in [2.24, 2.45) is 5.92 Å². The third-order valence-electron chi connectivity index (χ3n) is 6.19. The molecule has 1 saturated carbocycles. The summed E-state index contributed by atoms with van der Waals surface area (Å²) in [6.45, 7) is 0.531. The first-order valence-corrected chi connectivity index (χ1v) is 9.81. The second-order valence-electron chi connectivity index (χ2n) is 7.93. The predicted octanol–water partition coefficient (Wildman–Crippen LogP) is 2.92. The second kappa shape index (κ2) is 6.40. The molecule has 5 rings (SSSR count). The highest BCUT2D eigenvalue weighted by Gasteiger charge is 2.64. The summed E-state index contributed by atoms with van der Waals surface area (Å²) in [7, 11) is 0. The van der Waals surface area contributed by atoms with Gasteiger partial charge in [-0.2, -0.15) is 0 Å². The van der Waals surface area contributed by atoms with Crippen LogP contribution in [0, 0.1) is 11.7 Å². The van der Waals surface area contributed by atoms with E-state index in [2.05, 4.69) is 5.32 Å². The number of halogens is 1. The van der Waals surface area contributed by atoms with Gasteiger partial charge >= 0.3 is 6.03 Å². The van der Waals surface area contributed by atoms with Crippen LogP contribution in [0.5, 0.6) is 0 Å². The Morgan fingerprint density at radius 2 is 1.66 bits per heavy atom. The van der Waals surface area contributed by atoms with E-state index in [4.69, 9.17) is 0 Å². The Hall–Kier alpha value is -3.22. The van der Waals surface area contributed by atoms with Gasteiger partial charge in [-0.3, -0.25) is 14.5 Å². The molecule has 3 aliphatic rings. The third kappa shape index (κ3) is 2.57. The molecule has 1 N–H and O–H groups in total. The van der Waals surface area contributed by atoms with Crippen molar-refractivity contribution in [3.63, 3.8) is 0 Å². The van der Waals surface area contributed by atoms with E-state index in [1.54, 1.807) is 36.4 Å². The molecule has 2 aromatic carbocycles. The van der Waals surface area contributed by atoms with Crippen LogP contribution in [0.1, 0.15) is 30.4 Å². The van der Waals surface area contributed by atoms with E-state index in [1.807, 2.05) is 0 Å². The summed E-state index contributed by atoms with van der Waals surface area (Å²) in [6.07, 6.45) is 3.09. The molecule has 0 radical (unpaired) electrons. The van der Waals surface area contributed by atoms with E-state index in [1.165, 1.54) is 21.9 Å². The number of amides is 4. The largest absolute Gasteiger partial charge is 0.325 e. The highest BCUT2D eigenvalue weighted by Crippen LogP contribution is 2.45. The standard InChI is InChI=1S/C22H20FN3O3/c23-16-10-8-15(9-11-16)12-25-18-7-2-1-6-17(18)22(19(25)27)20(28)26(21(29)24-22)13-14-4-3-5-14/h1-2,6-11,14H,3-5,12-13H2,(H,24,29). The summed E-state index contributed by atoms with van der Waals surface area (Å²) in [5, 5.41) is 2.70. The Bertz CT molecular complexity index is 1020. The maximum atomic E-state index is 13.5. The minimum Gasteiger partial charge on any atom is -0.311 e. The Morgan fingerprint density at radius 3 is 2.34 bits per heavy atom. The molecule has 1 aliphatic carbocycles. The molecule has 1 atom stereocenters. The third-order valence-corrected chi connectivity index (χ3v) is 6.19. The Balaban J connectivity index is 1.52. The Kier molecular flexibility index (Phi) is 3.94. The maximum absolute atomic E-state index is 13.5. The normalized spacial score (nSPS) is 23.6. The van der Waals surface area contributed by atoms with E-state index < -0.39 is 23.4 Å². The Labute approximate surface area is 167 Å². The lowest BCUT2D eigenvalue weighted by atomic mass is 9.84. The van der Waals surface area contributed by atoms with Crippen molar-refractivity contribution in [3.8, 4) is 0 Å². The van der Waals surface area contributed by atoms with Gasteiger partial charge in [-0.1, -0.05) is 36.8 Å². The van der Waals surface area contributed by atoms with Crippen molar-refractivity contribution in [2.75, 3.05) is 11.4 Å². The van der Waals surface area contributed by atoms with E-state index in [-0.39, 0.29) is 12.4 Å². The highest BCUT2D eigenvalue weighted by molar-refractivity contribution is 6.27. The van der Waals surface area contributed by atoms with Crippen molar-refractivity contribution in [2.45, 2.75) is 31.3 Å². The molecule has 2 aliphatic heterocycles. The first-order valence-electron chi connectivity index (χ1n) is 9.81. The van der Waals surface area contributed by atoms with Gasteiger partial charge in [0.25, 0.3) is 11.8 Å². The first-order chi connectivity index (χ1) is 14.0. The quantitative estimate of drug-likeness (QED) is 0.641. The lowest BCUT2D eigenvalue weighted by Gasteiger charge is -2.29. The summed E-state index contributed by atoms with van der Waals surface area (Å²) in [6, 6.07) is 12.4. The van der Waals surface area contributed by atoms with Crippen molar-refractivity contribution in [1.29, 1.82) is 0 Å². The van der Waals surface area contributed by atoms with Gasteiger partial charge < -0.3 is 10.2 Å². The minimum absolute atomic E-state index is 0.184. The zero-order valence-corrected chi connectivity index (χ0v) is 15.7. The van der Waals surface area contributed by atoms with Crippen LogP contribution < -0.4 is 10.2 Å². The number of fused-ring (bicyclic) bond motifs is 2. The number of hydrogen-bond acceptors (Lipinski definition) is 3. The molecule has 7 heteroatoms. The van der Waals surface area contributed by atoms with E-state index in [0.29, 0.717) is 23.7 Å². The predicted molar refractivity (Wildman–Crippen MR) is 103 cm³/mol. The van der Waals surface area contributed by atoms with Gasteiger partial charge in [-0.15, -0.1) is 0 Å². The van der Waals surface area contributed by atoms with E-state index >= 15 is 0 Å². The molecular formula is C22H20FN3O3. The smallest absolute Gasteiger partial charge is 0.311 e. The van der Waals surface area contributed by atoms with Crippen molar-refractivity contribution in [3.05, 3.63) is 65.5 Å². The van der Waals surface area contributed by atoms with Crippen LogP contribution in [0.3, 0.4) is 0 Å². The molecule has 2 fully saturated rings. The van der Waals surface area contributed by atoms with Gasteiger partial charge in [0.15, 0.2) is 0 Å². The van der Waals surface area contributed by atoms with Gasteiger partial charge in [-0.05, 0) is 42.5 Å². The average Bonchev–Trinajstić information content (AvgIpc) is 3.07.